The molecule has 1 aliphatic rings. The summed E-state index contributed by atoms with van der Waals surface area (Å²) in [6.07, 6.45) is 6.55. The molecule has 23 heavy (non-hydrogen) atoms. The quantitative estimate of drug-likeness (QED) is 0.514. The van der Waals surface area contributed by atoms with E-state index in [0.29, 0.717) is 6.54 Å². The smallest absolute Gasteiger partial charge is 0.431 e. The van der Waals surface area contributed by atoms with E-state index in [1.54, 1.807) is 0 Å². The number of carbonyl (C=O) groups is 2. The van der Waals surface area contributed by atoms with Crippen molar-refractivity contribution in [2.24, 2.45) is 11.7 Å². The van der Waals surface area contributed by atoms with Crippen LogP contribution in [0.5, 0.6) is 0 Å². The van der Waals surface area contributed by atoms with E-state index in [1.807, 2.05) is 0 Å². The van der Waals surface area contributed by atoms with Gasteiger partial charge in [-0.05, 0) is 44.6 Å². The lowest BCUT2D eigenvalue weighted by Crippen LogP contribution is -2.28. The fourth-order valence-corrected chi connectivity index (χ4v) is 2.77. The van der Waals surface area contributed by atoms with Gasteiger partial charge in [0.25, 0.3) is 0 Å². The van der Waals surface area contributed by atoms with E-state index in [1.165, 1.54) is 13.3 Å². The van der Waals surface area contributed by atoms with Gasteiger partial charge in [0.05, 0.1) is 0 Å². The van der Waals surface area contributed by atoms with Crippen molar-refractivity contribution in [2.45, 2.75) is 84.0 Å². The minimum Gasteiger partial charge on any atom is -0.431 e. The minimum absolute atomic E-state index is 0.0742. The summed E-state index contributed by atoms with van der Waals surface area (Å²) in [7, 11) is 0. The largest absolute Gasteiger partial charge is 0.511 e. The summed E-state index contributed by atoms with van der Waals surface area (Å²) in [4.78, 5) is 23.5. The Morgan fingerprint density at radius 1 is 1.17 bits per heavy atom. The van der Waals surface area contributed by atoms with Gasteiger partial charge >= 0.3 is 12.1 Å². The molecule has 2 unspecified atom stereocenters. The highest BCUT2D eigenvalue weighted by Gasteiger charge is 2.22. The van der Waals surface area contributed by atoms with Gasteiger partial charge in [0.1, 0.15) is 6.10 Å². The molecule has 0 amide bonds. The molecule has 0 heterocycles. The molecule has 0 spiro atoms. The summed E-state index contributed by atoms with van der Waals surface area (Å²) in [5.74, 6) is -0.279. The molecule has 0 aromatic rings. The molecule has 1 aliphatic carbocycles. The van der Waals surface area contributed by atoms with Crippen LogP contribution < -0.4 is 5.73 Å². The van der Waals surface area contributed by atoms with Crippen molar-refractivity contribution in [3.05, 3.63) is 0 Å². The number of hydrogen-bond donors (Lipinski definition) is 1. The molecule has 1 fully saturated rings. The van der Waals surface area contributed by atoms with E-state index in [0.717, 1.165) is 44.9 Å². The van der Waals surface area contributed by atoms with Crippen LogP contribution in [-0.4, -0.2) is 31.1 Å². The van der Waals surface area contributed by atoms with Gasteiger partial charge < -0.3 is 19.9 Å². The van der Waals surface area contributed by atoms with Crippen LogP contribution in [0.3, 0.4) is 0 Å². The van der Waals surface area contributed by atoms with Crippen molar-refractivity contribution in [2.75, 3.05) is 6.54 Å². The molecule has 0 aliphatic heterocycles. The molecule has 1 rings (SSSR count). The lowest BCUT2D eigenvalue weighted by molar-refractivity contribution is -0.170. The molecule has 2 atom stereocenters. The van der Waals surface area contributed by atoms with Crippen molar-refractivity contribution in [3.63, 3.8) is 0 Å². The summed E-state index contributed by atoms with van der Waals surface area (Å²) in [6, 6.07) is 0. The number of esters is 1. The molecular weight excluding hydrogens is 298 g/mol. The number of rotatable bonds is 9. The van der Waals surface area contributed by atoms with E-state index < -0.39 is 18.4 Å². The Hall–Kier alpha value is -1.30. The predicted molar refractivity (Wildman–Crippen MR) is 86.7 cm³/mol. The zero-order chi connectivity index (χ0) is 17.1. The zero-order valence-corrected chi connectivity index (χ0v) is 14.4. The summed E-state index contributed by atoms with van der Waals surface area (Å²) in [6.45, 7) is 4.07. The zero-order valence-electron chi connectivity index (χ0n) is 14.4. The molecule has 0 saturated heterocycles. The van der Waals surface area contributed by atoms with E-state index >= 15 is 0 Å². The average molecular weight is 329 g/mol. The first-order valence-electron chi connectivity index (χ1n) is 8.82. The standard InChI is InChI=1S/C17H31NO5/c1-3-4-8-14(12-18)11-16(19)21-13(2)22-17(20)23-15-9-6-5-7-10-15/h13-15H,3-12,18H2,1-2H3. The SMILES string of the molecule is CCCCC(CN)CC(=O)OC(C)OC(=O)OC1CCCCC1. The Bertz CT molecular complexity index is 355. The second kappa shape index (κ2) is 11.3. The number of carbonyl (C=O) groups excluding carboxylic acids is 2. The first-order valence-corrected chi connectivity index (χ1v) is 8.82. The maximum atomic E-state index is 11.8. The van der Waals surface area contributed by atoms with Gasteiger partial charge in [-0.1, -0.05) is 26.2 Å². The van der Waals surface area contributed by atoms with E-state index in [-0.39, 0.29) is 18.4 Å². The van der Waals surface area contributed by atoms with Gasteiger partial charge in [0.15, 0.2) is 0 Å². The molecule has 0 aromatic carbocycles. The molecule has 2 N–H and O–H groups in total. The summed E-state index contributed by atoms with van der Waals surface area (Å²) >= 11 is 0. The van der Waals surface area contributed by atoms with E-state index in [4.69, 9.17) is 19.9 Å². The van der Waals surface area contributed by atoms with Crippen LogP contribution in [0.2, 0.25) is 0 Å². The first kappa shape index (κ1) is 19.7. The van der Waals surface area contributed by atoms with Gasteiger partial charge in [0, 0.05) is 13.3 Å². The second-order valence-corrected chi connectivity index (χ2v) is 6.25. The molecule has 6 heteroatoms. The lowest BCUT2D eigenvalue weighted by atomic mass is 9.98. The molecule has 6 nitrogen and oxygen atoms in total. The van der Waals surface area contributed by atoms with Crippen molar-refractivity contribution >= 4 is 12.1 Å². The fraction of sp³-hybridized carbons (Fsp3) is 0.882. The maximum Gasteiger partial charge on any atom is 0.511 e. The van der Waals surface area contributed by atoms with E-state index in [2.05, 4.69) is 6.92 Å². The fourth-order valence-electron chi connectivity index (χ4n) is 2.77. The summed E-state index contributed by atoms with van der Waals surface area (Å²) < 4.78 is 15.3. The van der Waals surface area contributed by atoms with Crippen molar-refractivity contribution < 1.29 is 23.8 Å². The number of ether oxygens (including phenoxy) is 3. The maximum absolute atomic E-state index is 11.8. The lowest BCUT2D eigenvalue weighted by Gasteiger charge is -2.22. The van der Waals surface area contributed by atoms with Crippen molar-refractivity contribution in [1.82, 2.24) is 0 Å². The van der Waals surface area contributed by atoms with Gasteiger partial charge in [-0.25, -0.2) is 4.79 Å². The monoisotopic (exact) mass is 329 g/mol. The highest BCUT2D eigenvalue weighted by Crippen LogP contribution is 2.21. The second-order valence-electron chi connectivity index (χ2n) is 6.25. The highest BCUT2D eigenvalue weighted by atomic mass is 16.8. The number of hydrogen-bond acceptors (Lipinski definition) is 6. The van der Waals surface area contributed by atoms with Crippen LogP contribution in [0.4, 0.5) is 4.79 Å². The average Bonchev–Trinajstić information content (AvgIpc) is 2.51. The van der Waals surface area contributed by atoms with Crippen LogP contribution in [0, 0.1) is 5.92 Å². The Morgan fingerprint density at radius 3 is 2.48 bits per heavy atom. The van der Waals surface area contributed by atoms with Crippen molar-refractivity contribution in [1.29, 1.82) is 0 Å². The Labute approximate surface area is 139 Å². The molecule has 0 radical (unpaired) electrons. The predicted octanol–water partition coefficient (Wildman–Crippen LogP) is 3.52. The molecule has 0 bridgehead atoms. The van der Waals surface area contributed by atoms with Crippen LogP contribution in [0.25, 0.3) is 0 Å². The molecule has 134 valence electrons. The normalized spacial score (nSPS) is 18.0. The van der Waals surface area contributed by atoms with Crippen LogP contribution >= 0.6 is 0 Å². The van der Waals surface area contributed by atoms with Crippen LogP contribution in [-0.2, 0) is 19.0 Å². The minimum atomic E-state index is -0.941. The van der Waals surface area contributed by atoms with Gasteiger partial charge in [-0.15, -0.1) is 0 Å². The number of nitrogens with two attached hydrogens (primary N) is 1. The van der Waals surface area contributed by atoms with Gasteiger partial charge in [-0.3, -0.25) is 4.79 Å². The molecule has 0 aromatic heterocycles. The Morgan fingerprint density at radius 2 is 1.87 bits per heavy atom. The molecular formula is C17H31NO5. The summed E-state index contributed by atoms with van der Waals surface area (Å²) in [5, 5.41) is 0. The van der Waals surface area contributed by atoms with E-state index in [9.17, 15) is 9.59 Å². The third kappa shape index (κ3) is 8.79. The van der Waals surface area contributed by atoms with Gasteiger partial charge in [-0.2, -0.15) is 0 Å². The Balaban J connectivity index is 2.24. The number of unbranched alkanes of at least 4 members (excludes halogenated alkanes) is 1. The third-order valence-corrected chi connectivity index (χ3v) is 4.13. The summed E-state index contributed by atoms with van der Waals surface area (Å²) in [5.41, 5.74) is 5.66. The van der Waals surface area contributed by atoms with Crippen molar-refractivity contribution in [3.8, 4) is 0 Å². The van der Waals surface area contributed by atoms with Crippen LogP contribution in [0.1, 0.15) is 71.6 Å². The first-order chi connectivity index (χ1) is 11.0. The topological polar surface area (TPSA) is 87.9 Å². The Kier molecular flexibility index (Phi) is 9.67. The third-order valence-electron chi connectivity index (χ3n) is 4.13. The molecule has 1 saturated carbocycles. The highest BCUT2D eigenvalue weighted by molar-refractivity contribution is 5.70. The van der Waals surface area contributed by atoms with Gasteiger partial charge in [0.2, 0.25) is 6.29 Å². The van der Waals surface area contributed by atoms with Crippen LogP contribution in [0.15, 0.2) is 0 Å².